The van der Waals surface area contributed by atoms with E-state index >= 15 is 0 Å². The summed E-state index contributed by atoms with van der Waals surface area (Å²) in [5, 5.41) is 1.11. The van der Waals surface area contributed by atoms with Gasteiger partial charge in [-0.1, -0.05) is 28.4 Å². The molecule has 0 aromatic heterocycles. The number of ether oxygens (including phenoxy) is 1. The summed E-state index contributed by atoms with van der Waals surface area (Å²) in [4.78, 5) is 0. The standard InChI is InChI=1S/C8H15BrO/c1-2-7-10-8-5-3-4-6-9/h2H,1,3-8H2. The molecule has 0 heterocycles. The van der Waals surface area contributed by atoms with Crippen molar-refractivity contribution >= 4 is 15.9 Å². The van der Waals surface area contributed by atoms with Crippen molar-refractivity contribution in [3.05, 3.63) is 12.7 Å². The molecule has 0 aromatic carbocycles. The molecule has 1 nitrogen and oxygen atoms in total. The molecule has 0 spiro atoms. The highest BCUT2D eigenvalue weighted by Crippen LogP contribution is 1.98. The van der Waals surface area contributed by atoms with Crippen LogP contribution >= 0.6 is 15.9 Å². The van der Waals surface area contributed by atoms with E-state index < -0.39 is 0 Å². The molecule has 0 aliphatic carbocycles. The second kappa shape index (κ2) is 9.18. The molecule has 0 saturated carbocycles. The van der Waals surface area contributed by atoms with E-state index in [2.05, 4.69) is 22.5 Å². The zero-order chi connectivity index (χ0) is 7.66. The topological polar surface area (TPSA) is 9.23 Å². The Balaban J connectivity index is 2.70. The summed E-state index contributed by atoms with van der Waals surface area (Å²) in [5.74, 6) is 0. The summed E-state index contributed by atoms with van der Waals surface area (Å²) < 4.78 is 5.20. The third-order valence-corrected chi connectivity index (χ3v) is 1.72. The smallest absolute Gasteiger partial charge is 0.0644 e. The summed E-state index contributed by atoms with van der Waals surface area (Å²) in [7, 11) is 0. The second-order valence-corrected chi connectivity index (χ2v) is 2.91. The zero-order valence-electron chi connectivity index (χ0n) is 6.31. The molecule has 0 rings (SSSR count). The van der Waals surface area contributed by atoms with Gasteiger partial charge in [0.05, 0.1) is 6.61 Å². The predicted octanol–water partition coefficient (Wildman–Crippen LogP) is 2.75. The number of halogens is 1. The largest absolute Gasteiger partial charge is 0.377 e. The summed E-state index contributed by atoms with van der Waals surface area (Å²) in [6, 6.07) is 0. The van der Waals surface area contributed by atoms with Gasteiger partial charge in [-0.2, -0.15) is 0 Å². The fraction of sp³-hybridized carbons (Fsp3) is 0.750. The Morgan fingerprint density at radius 2 is 2.10 bits per heavy atom. The molecule has 10 heavy (non-hydrogen) atoms. The number of alkyl halides is 1. The zero-order valence-corrected chi connectivity index (χ0v) is 7.90. The van der Waals surface area contributed by atoms with Gasteiger partial charge >= 0.3 is 0 Å². The summed E-state index contributed by atoms with van der Waals surface area (Å²) in [5.41, 5.74) is 0. The van der Waals surface area contributed by atoms with Crippen molar-refractivity contribution < 1.29 is 4.74 Å². The number of unbranched alkanes of at least 4 members (excludes halogenated alkanes) is 2. The predicted molar refractivity (Wildman–Crippen MR) is 48.7 cm³/mol. The average molecular weight is 207 g/mol. The van der Waals surface area contributed by atoms with Crippen LogP contribution in [0.15, 0.2) is 12.7 Å². The van der Waals surface area contributed by atoms with Crippen LogP contribution in [0.5, 0.6) is 0 Å². The average Bonchev–Trinajstić information content (AvgIpc) is 1.97. The molecule has 0 fully saturated rings. The number of hydrogen-bond donors (Lipinski definition) is 0. The maximum Gasteiger partial charge on any atom is 0.0644 e. The van der Waals surface area contributed by atoms with Crippen LogP contribution in [0.1, 0.15) is 19.3 Å². The van der Waals surface area contributed by atoms with Crippen LogP contribution in [-0.4, -0.2) is 18.5 Å². The monoisotopic (exact) mass is 206 g/mol. The molecular weight excluding hydrogens is 192 g/mol. The lowest BCUT2D eigenvalue weighted by Crippen LogP contribution is -1.93. The van der Waals surface area contributed by atoms with Crippen molar-refractivity contribution in [2.45, 2.75) is 19.3 Å². The van der Waals surface area contributed by atoms with Crippen molar-refractivity contribution in [1.82, 2.24) is 0 Å². The SMILES string of the molecule is C=CCOCCCCCBr. The first-order valence-corrected chi connectivity index (χ1v) is 4.78. The molecule has 0 aromatic rings. The summed E-state index contributed by atoms with van der Waals surface area (Å²) in [6.45, 7) is 5.12. The highest BCUT2D eigenvalue weighted by Gasteiger charge is 1.86. The van der Waals surface area contributed by atoms with Crippen LogP contribution in [0.2, 0.25) is 0 Å². The van der Waals surface area contributed by atoms with Gasteiger partial charge in [0.25, 0.3) is 0 Å². The van der Waals surface area contributed by atoms with Crippen LogP contribution in [0.3, 0.4) is 0 Å². The minimum atomic E-state index is 0.689. The Bertz CT molecular complexity index is 73.7. The molecule has 0 radical (unpaired) electrons. The normalized spacial score (nSPS) is 9.70. The molecule has 0 aliphatic rings. The van der Waals surface area contributed by atoms with E-state index in [1.807, 2.05) is 0 Å². The summed E-state index contributed by atoms with van der Waals surface area (Å²) in [6.07, 6.45) is 5.45. The van der Waals surface area contributed by atoms with Crippen molar-refractivity contribution in [3.63, 3.8) is 0 Å². The van der Waals surface area contributed by atoms with Crippen LogP contribution in [0.4, 0.5) is 0 Å². The Hall–Kier alpha value is 0.180. The molecule has 0 amide bonds. The van der Waals surface area contributed by atoms with Gasteiger partial charge in [-0.25, -0.2) is 0 Å². The van der Waals surface area contributed by atoms with Crippen LogP contribution in [-0.2, 0) is 4.74 Å². The van der Waals surface area contributed by atoms with Crippen molar-refractivity contribution in [2.24, 2.45) is 0 Å². The summed E-state index contributed by atoms with van der Waals surface area (Å²) >= 11 is 3.38. The fourth-order valence-corrected chi connectivity index (χ4v) is 1.04. The van der Waals surface area contributed by atoms with Crippen LogP contribution < -0.4 is 0 Å². The molecule has 2 heteroatoms. The Morgan fingerprint density at radius 1 is 1.30 bits per heavy atom. The van der Waals surface area contributed by atoms with Gasteiger partial charge in [0.1, 0.15) is 0 Å². The first-order valence-electron chi connectivity index (χ1n) is 3.66. The lowest BCUT2D eigenvalue weighted by atomic mass is 10.3. The van der Waals surface area contributed by atoms with Crippen molar-refractivity contribution in [2.75, 3.05) is 18.5 Å². The number of rotatable bonds is 7. The molecule has 0 unspecified atom stereocenters. The maximum absolute atomic E-state index is 5.20. The Kier molecular flexibility index (Phi) is 9.35. The fourth-order valence-electron chi connectivity index (χ4n) is 0.642. The minimum Gasteiger partial charge on any atom is -0.377 e. The molecule has 0 saturated heterocycles. The van der Waals surface area contributed by atoms with Gasteiger partial charge in [0.15, 0.2) is 0 Å². The maximum atomic E-state index is 5.20. The van der Waals surface area contributed by atoms with Gasteiger partial charge in [0, 0.05) is 11.9 Å². The van der Waals surface area contributed by atoms with Crippen LogP contribution in [0, 0.1) is 0 Å². The van der Waals surface area contributed by atoms with E-state index in [1.54, 1.807) is 6.08 Å². The molecule has 0 atom stereocenters. The van der Waals surface area contributed by atoms with Gasteiger partial charge < -0.3 is 4.74 Å². The molecule has 0 bridgehead atoms. The molecule has 0 N–H and O–H groups in total. The van der Waals surface area contributed by atoms with Crippen molar-refractivity contribution in [3.8, 4) is 0 Å². The van der Waals surface area contributed by atoms with E-state index in [0.29, 0.717) is 6.61 Å². The lowest BCUT2D eigenvalue weighted by Gasteiger charge is -1.98. The van der Waals surface area contributed by atoms with Gasteiger partial charge in [-0.15, -0.1) is 6.58 Å². The van der Waals surface area contributed by atoms with E-state index in [9.17, 15) is 0 Å². The lowest BCUT2D eigenvalue weighted by molar-refractivity contribution is 0.158. The van der Waals surface area contributed by atoms with E-state index in [1.165, 1.54) is 19.3 Å². The van der Waals surface area contributed by atoms with Crippen LogP contribution in [0.25, 0.3) is 0 Å². The first-order chi connectivity index (χ1) is 4.91. The Labute approximate surface area is 71.6 Å². The Morgan fingerprint density at radius 3 is 2.70 bits per heavy atom. The van der Waals surface area contributed by atoms with Gasteiger partial charge in [0.2, 0.25) is 0 Å². The highest BCUT2D eigenvalue weighted by atomic mass is 79.9. The first kappa shape index (κ1) is 10.2. The minimum absolute atomic E-state index is 0.689. The molecular formula is C8H15BrO. The quantitative estimate of drug-likeness (QED) is 0.354. The van der Waals surface area contributed by atoms with E-state index in [4.69, 9.17) is 4.74 Å². The molecule has 0 aliphatic heterocycles. The van der Waals surface area contributed by atoms with E-state index in [-0.39, 0.29) is 0 Å². The van der Waals surface area contributed by atoms with Gasteiger partial charge in [-0.3, -0.25) is 0 Å². The van der Waals surface area contributed by atoms with Gasteiger partial charge in [-0.05, 0) is 12.8 Å². The third-order valence-electron chi connectivity index (χ3n) is 1.16. The number of hydrogen-bond acceptors (Lipinski definition) is 1. The highest BCUT2D eigenvalue weighted by molar-refractivity contribution is 9.09. The second-order valence-electron chi connectivity index (χ2n) is 2.11. The van der Waals surface area contributed by atoms with E-state index in [0.717, 1.165) is 11.9 Å². The molecule has 60 valence electrons. The third kappa shape index (κ3) is 8.18. The van der Waals surface area contributed by atoms with Crippen molar-refractivity contribution in [1.29, 1.82) is 0 Å².